The summed E-state index contributed by atoms with van der Waals surface area (Å²) in [5.41, 5.74) is 3.49. The summed E-state index contributed by atoms with van der Waals surface area (Å²) in [4.78, 5) is 16.7. The third-order valence-electron chi connectivity index (χ3n) is 3.74. The summed E-state index contributed by atoms with van der Waals surface area (Å²) in [6.07, 6.45) is 1.69. The van der Waals surface area contributed by atoms with E-state index in [0.717, 1.165) is 30.1 Å². The maximum Gasteiger partial charge on any atom is 0.237 e. The molecule has 0 bridgehead atoms. The van der Waals surface area contributed by atoms with Crippen LogP contribution in [0.3, 0.4) is 0 Å². The highest BCUT2D eigenvalue weighted by Crippen LogP contribution is 2.16. The molecule has 0 aliphatic carbocycles. The van der Waals surface area contributed by atoms with Gasteiger partial charge in [0.15, 0.2) is 0 Å². The van der Waals surface area contributed by atoms with Crippen molar-refractivity contribution in [3.63, 3.8) is 0 Å². The SMILES string of the molecule is CCc1nc(CNC(=O)C2Cc3ccccc3CN2)cs1. The van der Waals surface area contributed by atoms with E-state index in [4.69, 9.17) is 0 Å². The fourth-order valence-electron chi connectivity index (χ4n) is 2.53. The molecule has 1 aromatic heterocycles. The van der Waals surface area contributed by atoms with E-state index in [-0.39, 0.29) is 11.9 Å². The lowest BCUT2D eigenvalue weighted by Crippen LogP contribution is -2.47. The second-order valence-electron chi connectivity index (χ2n) is 5.21. The van der Waals surface area contributed by atoms with Gasteiger partial charge in [0, 0.05) is 11.9 Å². The van der Waals surface area contributed by atoms with Crippen molar-refractivity contribution in [2.75, 3.05) is 0 Å². The van der Waals surface area contributed by atoms with Gasteiger partial charge in [0.25, 0.3) is 0 Å². The van der Waals surface area contributed by atoms with Crippen molar-refractivity contribution in [1.82, 2.24) is 15.6 Å². The van der Waals surface area contributed by atoms with Crippen LogP contribution in [0.2, 0.25) is 0 Å². The molecule has 110 valence electrons. The van der Waals surface area contributed by atoms with Gasteiger partial charge >= 0.3 is 0 Å². The zero-order valence-corrected chi connectivity index (χ0v) is 12.9. The average molecular weight is 301 g/mol. The van der Waals surface area contributed by atoms with Crippen LogP contribution in [0.25, 0.3) is 0 Å². The number of rotatable bonds is 4. The van der Waals surface area contributed by atoms with Crippen LogP contribution in [-0.4, -0.2) is 16.9 Å². The molecule has 0 radical (unpaired) electrons. The maximum absolute atomic E-state index is 12.3. The van der Waals surface area contributed by atoms with Crippen molar-refractivity contribution < 1.29 is 4.79 Å². The van der Waals surface area contributed by atoms with Gasteiger partial charge in [-0.2, -0.15) is 0 Å². The molecule has 1 aliphatic heterocycles. The van der Waals surface area contributed by atoms with Gasteiger partial charge in [-0.25, -0.2) is 4.98 Å². The van der Waals surface area contributed by atoms with Crippen molar-refractivity contribution in [2.24, 2.45) is 0 Å². The number of carbonyl (C=O) groups is 1. The van der Waals surface area contributed by atoms with Crippen LogP contribution in [0.15, 0.2) is 29.6 Å². The molecule has 0 saturated heterocycles. The van der Waals surface area contributed by atoms with Gasteiger partial charge in [-0.1, -0.05) is 31.2 Å². The van der Waals surface area contributed by atoms with Crippen molar-refractivity contribution in [3.05, 3.63) is 51.5 Å². The zero-order valence-electron chi connectivity index (χ0n) is 12.1. The van der Waals surface area contributed by atoms with Crippen LogP contribution < -0.4 is 10.6 Å². The van der Waals surface area contributed by atoms with Gasteiger partial charge in [0.05, 0.1) is 23.3 Å². The minimum Gasteiger partial charge on any atom is -0.349 e. The van der Waals surface area contributed by atoms with E-state index >= 15 is 0 Å². The van der Waals surface area contributed by atoms with Crippen LogP contribution in [0.1, 0.15) is 28.8 Å². The maximum atomic E-state index is 12.3. The Morgan fingerprint density at radius 2 is 2.24 bits per heavy atom. The predicted octanol–water partition coefficient (Wildman–Crippen LogP) is 2.04. The summed E-state index contributed by atoms with van der Waals surface area (Å²) in [5, 5.41) is 9.41. The number of thiazole rings is 1. The third kappa shape index (κ3) is 3.31. The Morgan fingerprint density at radius 3 is 3.00 bits per heavy atom. The first-order valence-electron chi connectivity index (χ1n) is 7.27. The van der Waals surface area contributed by atoms with E-state index in [9.17, 15) is 4.79 Å². The molecule has 21 heavy (non-hydrogen) atoms. The Labute approximate surface area is 128 Å². The Bertz CT molecular complexity index is 638. The summed E-state index contributed by atoms with van der Waals surface area (Å²) in [6, 6.07) is 8.13. The topological polar surface area (TPSA) is 54.0 Å². The number of hydrogen-bond acceptors (Lipinski definition) is 4. The summed E-state index contributed by atoms with van der Waals surface area (Å²) in [5.74, 6) is 0.0514. The minimum atomic E-state index is -0.149. The predicted molar refractivity (Wildman–Crippen MR) is 84.1 cm³/mol. The second-order valence-corrected chi connectivity index (χ2v) is 6.15. The van der Waals surface area contributed by atoms with Crippen LogP contribution >= 0.6 is 11.3 Å². The molecule has 0 spiro atoms. The van der Waals surface area contributed by atoms with E-state index in [1.807, 2.05) is 17.5 Å². The lowest BCUT2D eigenvalue weighted by molar-refractivity contribution is -0.123. The van der Waals surface area contributed by atoms with Crippen molar-refractivity contribution in [1.29, 1.82) is 0 Å². The summed E-state index contributed by atoms with van der Waals surface area (Å²) >= 11 is 1.65. The minimum absolute atomic E-state index is 0.0514. The van der Waals surface area contributed by atoms with Gasteiger partial charge < -0.3 is 10.6 Å². The van der Waals surface area contributed by atoms with E-state index < -0.39 is 0 Å². The molecular formula is C16H19N3OS. The first-order valence-corrected chi connectivity index (χ1v) is 8.15. The molecule has 3 rings (SSSR count). The highest BCUT2D eigenvalue weighted by molar-refractivity contribution is 7.09. The number of hydrogen-bond donors (Lipinski definition) is 2. The molecule has 0 fully saturated rings. The second kappa shape index (κ2) is 6.37. The molecule has 1 atom stereocenters. The summed E-state index contributed by atoms with van der Waals surface area (Å²) < 4.78 is 0. The molecular weight excluding hydrogens is 282 g/mol. The Kier molecular flexibility index (Phi) is 4.31. The van der Waals surface area contributed by atoms with Gasteiger partial charge in [-0.3, -0.25) is 4.79 Å². The van der Waals surface area contributed by atoms with E-state index in [2.05, 4.69) is 34.7 Å². The van der Waals surface area contributed by atoms with Gasteiger partial charge in [0.2, 0.25) is 5.91 Å². The van der Waals surface area contributed by atoms with E-state index in [1.54, 1.807) is 11.3 Å². The molecule has 4 nitrogen and oxygen atoms in total. The standard InChI is InChI=1S/C16H19N3OS/c1-2-15-19-13(10-21-15)9-18-16(20)14-7-11-5-3-4-6-12(11)8-17-14/h3-6,10,14,17H,2,7-9H2,1H3,(H,18,20). The van der Waals surface area contributed by atoms with Gasteiger partial charge in [-0.05, 0) is 24.0 Å². The largest absolute Gasteiger partial charge is 0.349 e. The quantitative estimate of drug-likeness (QED) is 0.908. The number of nitrogens with one attached hydrogen (secondary N) is 2. The Morgan fingerprint density at radius 1 is 1.43 bits per heavy atom. The molecule has 1 unspecified atom stereocenters. The fourth-order valence-corrected chi connectivity index (χ4v) is 3.28. The Hall–Kier alpha value is -1.72. The molecule has 2 aromatic rings. The highest BCUT2D eigenvalue weighted by Gasteiger charge is 2.23. The number of benzene rings is 1. The monoisotopic (exact) mass is 301 g/mol. The molecule has 2 N–H and O–H groups in total. The molecule has 5 heteroatoms. The van der Waals surface area contributed by atoms with Crippen LogP contribution in [0, 0.1) is 0 Å². The zero-order chi connectivity index (χ0) is 14.7. The van der Waals surface area contributed by atoms with Gasteiger partial charge in [0.1, 0.15) is 0 Å². The lowest BCUT2D eigenvalue weighted by atomic mass is 9.95. The Balaban J connectivity index is 1.57. The van der Waals surface area contributed by atoms with Crippen LogP contribution in [-0.2, 0) is 30.7 Å². The average Bonchev–Trinajstić information content (AvgIpc) is 3.00. The third-order valence-corrected chi connectivity index (χ3v) is 4.79. The van der Waals surface area contributed by atoms with E-state index in [1.165, 1.54) is 11.1 Å². The van der Waals surface area contributed by atoms with Crippen molar-refractivity contribution in [3.8, 4) is 0 Å². The molecule has 1 aromatic carbocycles. The smallest absolute Gasteiger partial charge is 0.237 e. The molecule has 0 saturated carbocycles. The normalized spacial score (nSPS) is 17.3. The number of fused-ring (bicyclic) bond motifs is 1. The fraction of sp³-hybridized carbons (Fsp3) is 0.375. The number of aromatic nitrogens is 1. The van der Waals surface area contributed by atoms with Crippen LogP contribution in [0.5, 0.6) is 0 Å². The molecule has 1 amide bonds. The summed E-state index contributed by atoms with van der Waals surface area (Å²) in [6.45, 7) is 3.35. The number of aryl methyl sites for hydroxylation is 1. The van der Waals surface area contributed by atoms with Crippen molar-refractivity contribution in [2.45, 2.75) is 38.9 Å². The lowest BCUT2D eigenvalue weighted by Gasteiger charge is -2.25. The first kappa shape index (κ1) is 14.2. The number of amides is 1. The van der Waals surface area contributed by atoms with Crippen LogP contribution in [0.4, 0.5) is 0 Å². The summed E-state index contributed by atoms with van der Waals surface area (Å²) in [7, 11) is 0. The first-order chi connectivity index (χ1) is 10.3. The van der Waals surface area contributed by atoms with Crippen molar-refractivity contribution >= 4 is 17.2 Å². The molecule has 2 heterocycles. The number of carbonyl (C=O) groups excluding carboxylic acids is 1. The molecule has 1 aliphatic rings. The van der Waals surface area contributed by atoms with E-state index in [0.29, 0.717) is 6.54 Å². The van der Waals surface area contributed by atoms with Gasteiger partial charge in [-0.15, -0.1) is 11.3 Å². The highest BCUT2D eigenvalue weighted by atomic mass is 32.1. The number of nitrogens with zero attached hydrogens (tertiary/aromatic N) is 1.